The molecule has 0 spiro atoms. The lowest BCUT2D eigenvalue weighted by molar-refractivity contribution is -0.140. The number of rotatable bonds is 7. The van der Waals surface area contributed by atoms with Crippen LogP contribution in [0.4, 0.5) is 15.9 Å². The van der Waals surface area contributed by atoms with Crippen molar-refractivity contribution in [3.05, 3.63) is 17.8 Å². The minimum atomic E-state index is -1.87. The number of nitrogens with one attached hydrogen (secondary N) is 1. The summed E-state index contributed by atoms with van der Waals surface area (Å²) in [6.07, 6.45) is 1.58. The molecule has 1 heterocycles. The van der Waals surface area contributed by atoms with Gasteiger partial charge in [-0.05, 0) is 18.9 Å². The fourth-order valence-electron chi connectivity index (χ4n) is 1.97. The van der Waals surface area contributed by atoms with E-state index in [0.717, 1.165) is 0 Å². The Bertz CT molecular complexity index is 675. The molecule has 0 saturated heterocycles. The number of hydrogen-bond acceptors (Lipinski definition) is 6. The molecular formula is C15H19FN4O4. The summed E-state index contributed by atoms with van der Waals surface area (Å²) in [5.74, 6) is -1.57. The molecule has 1 aromatic rings. The number of esters is 1. The number of likely N-dealkylation sites (N-methyl/N-ethyl adjacent to an activating group) is 1. The zero-order chi connectivity index (χ0) is 17.9. The Morgan fingerprint density at radius 1 is 1.46 bits per heavy atom. The lowest BCUT2D eigenvalue weighted by Gasteiger charge is -2.19. The Kier molecular flexibility index (Phi) is 5.01. The largest absolute Gasteiger partial charge is 0.464 e. The second-order valence-corrected chi connectivity index (χ2v) is 5.63. The van der Waals surface area contributed by atoms with Gasteiger partial charge in [-0.25, -0.2) is 9.37 Å². The number of ether oxygens (including phenoxy) is 1. The van der Waals surface area contributed by atoms with E-state index in [1.807, 2.05) is 0 Å². The predicted octanol–water partition coefficient (Wildman–Crippen LogP) is 0.620. The molecule has 2 rings (SSSR count). The number of nitrogens with zero attached hydrogens (tertiary/aromatic N) is 2. The number of nitrogens with two attached hydrogens (primary N) is 1. The Morgan fingerprint density at radius 2 is 2.12 bits per heavy atom. The molecule has 0 aromatic carbocycles. The molecule has 0 aliphatic heterocycles. The average Bonchev–Trinajstić information content (AvgIpc) is 3.26. The van der Waals surface area contributed by atoms with Crippen molar-refractivity contribution < 1.29 is 23.5 Å². The van der Waals surface area contributed by atoms with Crippen molar-refractivity contribution in [3.8, 4) is 0 Å². The van der Waals surface area contributed by atoms with Crippen molar-refractivity contribution in [2.45, 2.75) is 25.4 Å². The molecule has 9 heteroatoms. The van der Waals surface area contributed by atoms with E-state index in [1.54, 1.807) is 11.9 Å². The van der Waals surface area contributed by atoms with Crippen LogP contribution in [-0.2, 0) is 14.3 Å². The van der Waals surface area contributed by atoms with Gasteiger partial charge in [0.1, 0.15) is 12.4 Å². The summed E-state index contributed by atoms with van der Waals surface area (Å²) in [7, 11) is 1.69. The summed E-state index contributed by atoms with van der Waals surface area (Å²) in [6.45, 7) is 1.81. The number of alkyl halides is 1. The van der Waals surface area contributed by atoms with Crippen molar-refractivity contribution in [2.24, 2.45) is 5.73 Å². The number of carbonyl (C=O) groups excluding carboxylic acids is 3. The third-order valence-electron chi connectivity index (χ3n) is 3.62. The minimum absolute atomic E-state index is 0.0249. The van der Waals surface area contributed by atoms with Crippen LogP contribution in [0.1, 0.15) is 30.1 Å². The number of carbonyl (C=O) groups is 3. The van der Waals surface area contributed by atoms with Crippen LogP contribution in [0, 0.1) is 0 Å². The first-order valence-corrected chi connectivity index (χ1v) is 7.37. The fraction of sp³-hybridized carbons (Fsp3) is 0.467. The van der Waals surface area contributed by atoms with E-state index in [1.165, 1.54) is 19.2 Å². The van der Waals surface area contributed by atoms with Crippen molar-refractivity contribution in [3.63, 3.8) is 0 Å². The van der Waals surface area contributed by atoms with Crippen LogP contribution < -0.4 is 16.0 Å². The number of halogens is 1. The van der Waals surface area contributed by atoms with Gasteiger partial charge in [0.2, 0.25) is 0 Å². The Morgan fingerprint density at radius 3 is 2.67 bits per heavy atom. The third-order valence-corrected chi connectivity index (χ3v) is 3.62. The van der Waals surface area contributed by atoms with Crippen LogP contribution in [0.3, 0.4) is 0 Å². The first kappa shape index (κ1) is 17.6. The maximum Gasteiger partial charge on any atom is 0.302 e. The Balaban J connectivity index is 2.12. The quantitative estimate of drug-likeness (QED) is 0.704. The van der Waals surface area contributed by atoms with Crippen molar-refractivity contribution in [2.75, 3.05) is 30.4 Å². The molecule has 0 unspecified atom stereocenters. The molecule has 0 atom stereocenters. The summed E-state index contributed by atoms with van der Waals surface area (Å²) in [5, 5.41) is 2.35. The van der Waals surface area contributed by atoms with Crippen LogP contribution in [-0.4, -0.2) is 48.6 Å². The third kappa shape index (κ3) is 4.18. The van der Waals surface area contributed by atoms with Gasteiger partial charge in [0.05, 0.1) is 24.0 Å². The molecule has 1 aromatic heterocycles. The number of anilines is 2. The zero-order valence-corrected chi connectivity index (χ0v) is 13.5. The van der Waals surface area contributed by atoms with Gasteiger partial charge in [0, 0.05) is 14.0 Å². The van der Waals surface area contributed by atoms with Gasteiger partial charge >= 0.3 is 5.97 Å². The number of primary amides is 1. The summed E-state index contributed by atoms with van der Waals surface area (Å²) < 4.78 is 18.6. The molecule has 130 valence electrons. The SMILES string of the molecule is CC(=O)OCCN(C)c1cc(C(N)=O)c(NC(=O)C2(F)CC2)cn1. The van der Waals surface area contributed by atoms with E-state index >= 15 is 0 Å². The maximum absolute atomic E-state index is 13.7. The van der Waals surface area contributed by atoms with Gasteiger partial charge < -0.3 is 20.7 Å². The van der Waals surface area contributed by atoms with Gasteiger partial charge in [-0.15, -0.1) is 0 Å². The van der Waals surface area contributed by atoms with E-state index in [9.17, 15) is 18.8 Å². The summed E-state index contributed by atoms with van der Waals surface area (Å²) in [6, 6.07) is 1.39. The molecular weight excluding hydrogens is 319 g/mol. The molecule has 2 amide bonds. The van der Waals surface area contributed by atoms with Crippen molar-refractivity contribution in [1.29, 1.82) is 0 Å². The van der Waals surface area contributed by atoms with Gasteiger partial charge in [0.15, 0.2) is 5.67 Å². The smallest absolute Gasteiger partial charge is 0.302 e. The highest BCUT2D eigenvalue weighted by Crippen LogP contribution is 2.40. The van der Waals surface area contributed by atoms with Crippen LogP contribution in [0.15, 0.2) is 12.3 Å². The fourth-order valence-corrected chi connectivity index (χ4v) is 1.97. The lowest BCUT2D eigenvalue weighted by Crippen LogP contribution is -2.28. The van der Waals surface area contributed by atoms with E-state index in [0.29, 0.717) is 12.4 Å². The molecule has 24 heavy (non-hydrogen) atoms. The highest BCUT2D eigenvalue weighted by atomic mass is 19.1. The van der Waals surface area contributed by atoms with Gasteiger partial charge in [0.25, 0.3) is 11.8 Å². The van der Waals surface area contributed by atoms with Gasteiger partial charge in [-0.1, -0.05) is 0 Å². The highest BCUT2D eigenvalue weighted by Gasteiger charge is 2.51. The molecule has 8 nitrogen and oxygen atoms in total. The molecule has 1 saturated carbocycles. The second kappa shape index (κ2) is 6.81. The normalized spacial score (nSPS) is 14.6. The standard InChI is InChI=1S/C15H19FN4O4/c1-9(21)24-6-5-20(2)12-7-10(13(17)22)11(8-18-12)19-14(23)15(16)3-4-15/h7-8H,3-6H2,1-2H3,(H2,17,22)(H,19,23). The maximum atomic E-state index is 13.7. The lowest BCUT2D eigenvalue weighted by atomic mass is 10.2. The number of pyridine rings is 1. The van der Waals surface area contributed by atoms with Gasteiger partial charge in [-0.3, -0.25) is 14.4 Å². The van der Waals surface area contributed by atoms with E-state index in [2.05, 4.69) is 10.3 Å². The number of hydrogen-bond donors (Lipinski definition) is 2. The van der Waals surface area contributed by atoms with E-state index in [-0.39, 0.29) is 30.7 Å². The molecule has 1 aliphatic carbocycles. The molecule has 0 bridgehead atoms. The molecule has 0 radical (unpaired) electrons. The first-order chi connectivity index (χ1) is 11.2. The topological polar surface area (TPSA) is 115 Å². The van der Waals surface area contributed by atoms with Crippen molar-refractivity contribution in [1.82, 2.24) is 4.98 Å². The predicted molar refractivity (Wildman–Crippen MR) is 84.4 cm³/mol. The monoisotopic (exact) mass is 338 g/mol. The van der Waals surface area contributed by atoms with Crippen LogP contribution in [0.5, 0.6) is 0 Å². The Hall–Kier alpha value is -2.71. The number of aromatic nitrogens is 1. The van der Waals surface area contributed by atoms with Crippen LogP contribution in [0.2, 0.25) is 0 Å². The van der Waals surface area contributed by atoms with Crippen LogP contribution >= 0.6 is 0 Å². The summed E-state index contributed by atoms with van der Waals surface area (Å²) in [4.78, 5) is 39.9. The van der Waals surface area contributed by atoms with E-state index < -0.39 is 23.5 Å². The summed E-state index contributed by atoms with van der Waals surface area (Å²) in [5.41, 5.74) is 3.55. The molecule has 3 N–H and O–H groups in total. The number of amides is 2. The molecule has 1 aliphatic rings. The Labute approximate surface area is 138 Å². The van der Waals surface area contributed by atoms with Gasteiger partial charge in [-0.2, -0.15) is 0 Å². The first-order valence-electron chi connectivity index (χ1n) is 7.37. The second-order valence-electron chi connectivity index (χ2n) is 5.63. The minimum Gasteiger partial charge on any atom is -0.464 e. The van der Waals surface area contributed by atoms with Crippen LogP contribution in [0.25, 0.3) is 0 Å². The average molecular weight is 338 g/mol. The summed E-state index contributed by atoms with van der Waals surface area (Å²) >= 11 is 0. The van der Waals surface area contributed by atoms with Crippen molar-refractivity contribution >= 4 is 29.3 Å². The van der Waals surface area contributed by atoms with E-state index in [4.69, 9.17) is 10.5 Å². The zero-order valence-electron chi connectivity index (χ0n) is 13.5. The highest BCUT2D eigenvalue weighted by molar-refractivity contribution is 6.06. The molecule has 1 fully saturated rings.